The summed E-state index contributed by atoms with van der Waals surface area (Å²) in [6.07, 6.45) is 1.21. The van der Waals surface area contributed by atoms with E-state index < -0.39 is 0 Å². The lowest BCUT2D eigenvalue weighted by atomic mass is 10.0. The minimum Gasteiger partial charge on any atom is -0.496 e. The molecule has 0 saturated carbocycles. The van der Waals surface area contributed by atoms with E-state index in [2.05, 4.69) is 4.90 Å². The van der Waals surface area contributed by atoms with Crippen LogP contribution < -0.4 is 9.64 Å². The first-order valence-corrected chi connectivity index (χ1v) is 12.4. The van der Waals surface area contributed by atoms with Crippen LogP contribution in [-0.4, -0.2) is 60.7 Å². The summed E-state index contributed by atoms with van der Waals surface area (Å²) in [7, 11) is 1.67. The molecule has 0 unspecified atom stereocenters. The fourth-order valence-electron chi connectivity index (χ4n) is 4.59. The molecule has 0 atom stereocenters. The summed E-state index contributed by atoms with van der Waals surface area (Å²) < 4.78 is 11.1. The van der Waals surface area contributed by atoms with Gasteiger partial charge in [0, 0.05) is 48.6 Å². The second-order valence-corrected chi connectivity index (χ2v) is 9.42. The van der Waals surface area contributed by atoms with Gasteiger partial charge in [-0.3, -0.25) is 4.79 Å². The van der Waals surface area contributed by atoms with E-state index in [0.717, 1.165) is 47.3 Å². The van der Waals surface area contributed by atoms with E-state index in [-0.39, 0.29) is 5.91 Å². The number of morpholine rings is 1. The van der Waals surface area contributed by atoms with Crippen molar-refractivity contribution in [2.45, 2.75) is 19.4 Å². The number of hydrogen-bond acceptors (Lipinski definition) is 6. The molecule has 182 valence electrons. The predicted molar refractivity (Wildman–Crippen MR) is 136 cm³/mol. The molecule has 2 aliphatic heterocycles. The van der Waals surface area contributed by atoms with Crippen LogP contribution in [0.4, 0.5) is 5.82 Å². The molecule has 1 aromatic heterocycles. The number of anilines is 1. The first-order chi connectivity index (χ1) is 17.0. The maximum atomic E-state index is 13.3. The van der Waals surface area contributed by atoms with Crippen molar-refractivity contribution in [1.29, 1.82) is 0 Å². The average molecular weight is 513 g/mol. The molecule has 5 rings (SSSR count). The molecule has 0 bridgehead atoms. The summed E-state index contributed by atoms with van der Waals surface area (Å²) in [5.41, 5.74) is 3.45. The summed E-state index contributed by atoms with van der Waals surface area (Å²) in [5, 5.41) is 0.853. The number of halogens is 2. The zero-order valence-corrected chi connectivity index (χ0v) is 21.0. The molecule has 3 heterocycles. The molecule has 0 N–H and O–H groups in total. The Bertz CT molecular complexity index is 1250. The van der Waals surface area contributed by atoms with E-state index in [1.165, 1.54) is 0 Å². The van der Waals surface area contributed by atoms with Gasteiger partial charge in [-0.1, -0.05) is 41.4 Å². The van der Waals surface area contributed by atoms with E-state index in [9.17, 15) is 4.79 Å². The lowest BCUT2D eigenvalue weighted by molar-refractivity contribution is 0.0733. The topological polar surface area (TPSA) is 67.8 Å². The lowest BCUT2D eigenvalue weighted by Gasteiger charge is -2.34. The van der Waals surface area contributed by atoms with Crippen molar-refractivity contribution in [2.24, 2.45) is 0 Å². The number of benzene rings is 2. The minimum atomic E-state index is -0.122. The highest BCUT2D eigenvalue weighted by atomic mass is 35.5. The van der Waals surface area contributed by atoms with Crippen molar-refractivity contribution in [3.05, 3.63) is 80.7 Å². The molecule has 2 aliphatic rings. The number of aromatic nitrogens is 2. The monoisotopic (exact) mass is 512 g/mol. The summed E-state index contributed by atoms with van der Waals surface area (Å²) in [5.74, 6) is 2.32. The smallest absolute Gasteiger partial charge is 0.255 e. The van der Waals surface area contributed by atoms with Crippen molar-refractivity contribution in [2.75, 3.05) is 44.9 Å². The molecule has 9 heteroatoms. The van der Waals surface area contributed by atoms with Crippen LogP contribution in [0.3, 0.4) is 0 Å². The molecular weight excluding hydrogens is 487 g/mol. The Kier molecular flexibility index (Phi) is 7.09. The van der Waals surface area contributed by atoms with E-state index in [4.69, 9.17) is 42.6 Å². The van der Waals surface area contributed by atoms with Crippen molar-refractivity contribution >= 4 is 34.9 Å². The molecule has 2 aromatic carbocycles. The van der Waals surface area contributed by atoms with Crippen LogP contribution in [0.2, 0.25) is 10.0 Å². The number of amides is 1. The van der Waals surface area contributed by atoms with Gasteiger partial charge >= 0.3 is 0 Å². The molecule has 0 aliphatic carbocycles. The fraction of sp³-hybridized carbons (Fsp3) is 0.346. The van der Waals surface area contributed by atoms with Crippen LogP contribution in [0.25, 0.3) is 0 Å². The summed E-state index contributed by atoms with van der Waals surface area (Å²) >= 11 is 12.4. The highest BCUT2D eigenvalue weighted by molar-refractivity contribution is 6.36. The second kappa shape index (κ2) is 10.4. The number of hydrogen-bond donors (Lipinski definition) is 0. The summed E-state index contributed by atoms with van der Waals surface area (Å²) in [6, 6.07) is 12.9. The Labute approximate surface area is 214 Å². The number of carbonyl (C=O) groups is 1. The van der Waals surface area contributed by atoms with Crippen LogP contribution in [0.5, 0.6) is 5.75 Å². The van der Waals surface area contributed by atoms with E-state index >= 15 is 0 Å². The Morgan fingerprint density at radius 1 is 1.09 bits per heavy atom. The van der Waals surface area contributed by atoms with Gasteiger partial charge in [0.05, 0.1) is 43.1 Å². The first kappa shape index (κ1) is 23.9. The van der Waals surface area contributed by atoms with Gasteiger partial charge < -0.3 is 19.3 Å². The van der Waals surface area contributed by atoms with Gasteiger partial charge in [0.15, 0.2) is 0 Å². The molecular formula is C26H26Cl2N4O3. The molecule has 1 saturated heterocycles. The predicted octanol–water partition coefficient (Wildman–Crippen LogP) is 4.42. The third-order valence-corrected chi connectivity index (χ3v) is 6.93. The Morgan fingerprint density at radius 3 is 2.66 bits per heavy atom. The maximum Gasteiger partial charge on any atom is 0.255 e. The highest BCUT2D eigenvalue weighted by Gasteiger charge is 2.29. The number of para-hydroxylation sites is 1. The average Bonchev–Trinajstić information content (AvgIpc) is 2.88. The van der Waals surface area contributed by atoms with Gasteiger partial charge in [0.2, 0.25) is 0 Å². The lowest BCUT2D eigenvalue weighted by Crippen LogP contribution is -2.41. The normalized spacial score (nSPS) is 15.6. The number of methoxy groups -OCH3 is 1. The number of nitrogens with zero attached hydrogens (tertiary/aromatic N) is 4. The van der Waals surface area contributed by atoms with Gasteiger partial charge in [0.1, 0.15) is 17.4 Å². The van der Waals surface area contributed by atoms with Crippen LogP contribution in [0, 0.1) is 0 Å². The van der Waals surface area contributed by atoms with E-state index in [1.54, 1.807) is 25.3 Å². The molecule has 1 fully saturated rings. The fourth-order valence-corrected chi connectivity index (χ4v) is 5.08. The second-order valence-electron chi connectivity index (χ2n) is 8.58. The van der Waals surface area contributed by atoms with Crippen LogP contribution in [-0.2, 0) is 24.1 Å². The Morgan fingerprint density at radius 2 is 1.89 bits per heavy atom. The van der Waals surface area contributed by atoms with Gasteiger partial charge in [-0.25, -0.2) is 9.97 Å². The minimum absolute atomic E-state index is 0.122. The van der Waals surface area contributed by atoms with E-state index in [0.29, 0.717) is 54.8 Å². The number of carbonyl (C=O) groups excluding carboxylic acids is 1. The Hall–Kier alpha value is -2.87. The first-order valence-electron chi connectivity index (χ1n) is 11.6. The summed E-state index contributed by atoms with van der Waals surface area (Å²) in [4.78, 5) is 27.3. The maximum absolute atomic E-state index is 13.3. The Balaban J connectivity index is 1.48. The molecule has 0 spiro atoms. The molecule has 0 radical (unpaired) electrons. The number of rotatable bonds is 5. The number of fused-ring (bicyclic) bond motifs is 1. The molecule has 35 heavy (non-hydrogen) atoms. The van der Waals surface area contributed by atoms with Crippen molar-refractivity contribution in [1.82, 2.24) is 14.9 Å². The zero-order chi connectivity index (χ0) is 24.4. The van der Waals surface area contributed by atoms with Gasteiger partial charge in [-0.15, -0.1) is 0 Å². The third kappa shape index (κ3) is 5.08. The van der Waals surface area contributed by atoms with E-state index in [1.807, 2.05) is 29.2 Å². The quantitative estimate of drug-likeness (QED) is 0.504. The van der Waals surface area contributed by atoms with Gasteiger partial charge in [-0.2, -0.15) is 0 Å². The highest BCUT2D eigenvalue weighted by Crippen LogP contribution is 2.31. The molecule has 7 nitrogen and oxygen atoms in total. The third-order valence-electron chi connectivity index (χ3n) is 6.39. The molecule has 3 aromatic rings. The van der Waals surface area contributed by atoms with Crippen molar-refractivity contribution < 1.29 is 14.3 Å². The largest absolute Gasteiger partial charge is 0.496 e. The molecule has 1 amide bonds. The van der Waals surface area contributed by atoms with Crippen molar-refractivity contribution in [3.63, 3.8) is 0 Å². The van der Waals surface area contributed by atoms with Crippen LogP contribution in [0.15, 0.2) is 42.5 Å². The summed E-state index contributed by atoms with van der Waals surface area (Å²) in [6.45, 7) is 3.75. The van der Waals surface area contributed by atoms with Gasteiger partial charge in [-0.05, 0) is 24.3 Å². The van der Waals surface area contributed by atoms with Crippen LogP contribution >= 0.6 is 23.2 Å². The van der Waals surface area contributed by atoms with Crippen LogP contribution in [0.1, 0.15) is 33.0 Å². The van der Waals surface area contributed by atoms with Crippen molar-refractivity contribution in [3.8, 4) is 5.75 Å². The standard InChI is InChI=1S/C26H26Cl2N4O3/c1-34-23-5-3-2-4-17(23)14-24-29-22-8-9-32(26(33)19-7-6-18(27)15-21(19)28)16-20(22)25(30-24)31-10-12-35-13-11-31/h2-7,15H,8-14,16H2,1H3. The van der Waals surface area contributed by atoms with Gasteiger partial charge in [0.25, 0.3) is 5.91 Å². The number of ether oxygens (including phenoxy) is 2. The zero-order valence-electron chi connectivity index (χ0n) is 19.5. The SMILES string of the molecule is COc1ccccc1Cc1nc2c(c(N3CCOCC3)n1)CN(C(=O)c1ccc(Cl)cc1Cl)CC2.